The highest BCUT2D eigenvalue weighted by molar-refractivity contribution is 5.98. The number of amides is 2. The van der Waals surface area contributed by atoms with Crippen LogP contribution in [-0.2, 0) is 16.0 Å². The zero-order chi connectivity index (χ0) is 21.7. The van der Waals surface area contributed by atoms with Crippen LogP contribution in [0, 0.1) is 19.7 Å². The van der Waals surface area contributed by atoms with Gasteiger partial charge in [0.1, 0.15) is 5.82 Å². The summed E-state index contributed by atoms with van der Waals surface area (Å²) in [6.07, 6.45) is 0.582. The topological polar surface area (TPSA) is 57.7 Å². The lowest BCUT2D eigenvalue weighted by atomic mass is 10.0. The molecule has 0 radical (unpaired) electrons. The number of carbonyl (C=O) groups excluding carboxylic acids is 3. The molecule has 6 heteroatoms. The number of hydrogen-bond acceptors (Lipinski definition) is 3. The van der Waals surface area contributed by atoms with Crippen LogP contribution in [0.15, 0.2) is 42.5 Å². The van der Waals surface area contributed by atoms with Crippen molar-refractivity contribution in [1.82, 2.24) is 9.80 Å². The standard InChI is InChI=1S/C24H27FN2O3/c1-17-3-6-20(15-18(17)2)22(28)9-10-23(29)26-11-13-27(14-12-26)24(30)16-19-4-7-21(25)8-5-19/h3-8,15H,9-14,16H2,1-2H3. The highest BCUT2D eigenvalue weighted by Crippen LogP contribution is 2.14. The second kappa shape index (κ2) is 9.65. The predicted octanol–water partition coefficient (Wildman–Crippen LogP) is 3.32. The van der Waals surface area contributed by atoms with Crippen molar-refractivity contribution in [3.8, 4) is 0 Å². The van der Waals surface area contributed by atoms with E-state index in [1.54, 1.807) is 28.0 Å². The maximum Gasteiger partial charge on any atom is 0.227 e. The van der Waals surface area contributed by atoms with Crippen LogP contribution in [0.5, 0.6) is 0 Å². The number of Topliss-reactive ketones (excluding diaryl/α,β-unsaturated/α-hetero) is 1. The summed E-state index contributed by atoms with van der Waals surface area (Å²) < 4.78 is 13.0. The van der Waals surface area contributed by atoms with E-state index in [1.165, 1.54) is 12.1 Å². The van der Waals surface area contributed by atoms with Gasteiger partial charge in [-0.3, -0.25) is 14.4 Å². The van der Waals surface area contributed by atoms with Crippen molar-refractivity contribution in [3.63, 3.8) is 0 Å². The minimum atomic E-state index is -0.325. The van der Waals surface area contributed by atoms with Gasteiger partial charge in [0.05, 0.1) is 6.42 Å². The first kappa shape index (κ1) is 21.7. The van der Waals surface area contributed by atoms with Crippen LogP contribution < -0.4 is 0 Å². The third-order valence-corrected chi connectivity index (χ3v) is 5.65. The maximum atomic E-state index is 13.0. The molecule has 0 aliphatic carbocycles. The van der Waals surface area contributed by atoms with E-state index in [-0.39, 0.29) is 42.7 Å². The van der Waals surface area contributed by atoms with Gasteiger partial charge >= 0.3 is 0 Å². The number of aryl methyl sites for hydroxylation is 2. The Hall–Kier alpha value is -3.02. The summed E-state index contributed by atoms with van der Waals surface area (Å²) in [6, 6.07) is 11.5. The van der Waals surface area contributed by atoms with Crippen LogP contribution in [0.1, 0.15) is 39.9 Å². The fourth-order valence-electron chi connectivity index (χ4n) is 3.53. The number of rotatable bonds is 6. The summed E-state index contributed by atoms with van der Waals surface area (Å²) in [6.45, 7) is 5.83. The van der Waals surface area contributed by atoms with Crippen molar-refractivity contribution in [3.05, 3.63) is 70.5 Å². The zero-order valence-electron chi connectivity index (χ0n) is 17.5. The third-order valence-electron chi connectivity index (χ3n) is 5.65. The normalized spacial score (nSPS) is 14.0. The molecule has 2 aromatic carbocycles. The Bertz CT molecular complexity index is 932. The van der Waals surface area contributed by atoms with Crippen LogP contribution in [-0.4, -0.2) is 53.6 Å². The Morgan fingerprint density at radius 3 is 2.00 bits per heavy atom. The lowest BCUT2D eigenvalue weighted by Crippen LogP contribution is -2.51. The molecule has 0 unspecified atom stereocenters. The van der Waals surface area contributed by atoms with E-state index in [0.717, 1.165) is 16.7 Å². The monoisotopic (exact) mass is 410 g/mol. The smallest absolute Gasteiger partial charge is 0.227 e. The molecule has 2 amide bonds. The maximum absolute atomic E-state index is 13.0. The van der Waals surface area contributed by atoms with Gasteiger partial charge in [0.15, 0.2) is 5.78 Å². The van der Waals surface area contributed by atoms with E-state index in [2.05, 4.69) is 0 Å². The Labute approximate surface area is 176 Å². The van der Waals surface area contributed by atoms with E-state index in [9.17, 15) is 18.8 Å². The van der Waals surface area contributed by atoms with Crippen molar-refractivity contribution >= 4 is 17.6 Å². The SMILES string of the molecule is Cc1ccc(C(=O)CCC(=O)N2CCN(C(=O)Cc3ccc(F)cc3)CC2)cc1C. The summed E-state index contributed by atoms with van der Waals surface area (Å²) in [5.74, 6) is -0.440. The number of benzene rings is 2. The van der Waals surface area contributed by atoms with Crippen LogP contribution in [0.2, 0.25) is 0 Å². The number of carbonyl (C=O) groups is 3. The number of ketones is 1. The highest BCUT2D eigenvalue weighted by Gasteiger charge is 2.24. The van der Waals surface area contributed by atoms with Crippen molar-refractivity contribution in [2.24, 2.45) is 0 Å². The van der Waals surface area contributed by atoms with Gasteiger partial charge in [-0.1, -0.05) is 24.3 Å². The van der Waals surface area contributed by atoms with E-state index >= 15 is 0 Å². The van der Waals surface area contributed by atoms with E-state index in [1.807, 2.05) is 26.0 Å². The van der Waals surface area contributed by atoms with E-state index in [0.29, 0.717) is 31.7 Å². The fourth-order valence-corrected chi connectivity index (χ4v) is 3.53. The zero-order valence-corrected chi connectivity index (χ0v) is 17.5. The molecule has 1 fully saturated rings. The summed E-state index contributed by atoms with van der Waals surface area (Å²) >= 11 is 0. The molecule has 0 bridgehead atoms. The van der Waals surface area contributed by atoms with Gasteiger partial charge in [-0.05, 0) is 48.7 Å². The van der Waals surface area contributed by atoms with E-state index < -0.39 is 0 Å². The van der Waals surface area contributed by atoms with Crippen LogP contribution in [0.3, 0.4) is 0 Å². The Balaban J connectivity index is 1.44. The average Bonchev–Trinajstić information content (AvgIpc) is 2.75. The minimum Gasteiger partial charge on any atom is -0.339 e. The molecule has 0 N–H and O–H groups in total. The number of piperazine rings is 1. The highest BCUT2D eigenvalue weighted by atomic mass is 19.1. The second-order valence-electron chi connectivity index (χ2n) is 7.79. The summed E-state index contributed by atoms with van der Waals surface area (Å²) in [7, 11) is 0. The Morgan fingerprint density at radius 2 is 1.40 bits per heavy atom. The van der Waals surface area contributed by atoms with Crippen LogP contribution in [0.4, 0.5) is 4.39 Å². The van der Waals surface area contributed by atoms with Crippen LogP contribution in [0.25, 0.3) is 0 Å². The second-order valence-corrected chi connectivity index (χ2v) is 7.79. The molecule has 0 aromatic heterocycles. The predicted molar refractivity (Wildman–Crippen MR) is 113 cm³/mol. The van der Waals surface area contributed by atoms with Crippen molar-refractivity contribution in [1.29, 1.82) is 0 Å². The van der Waals surface area contributed by atoms with Crippen LogP contribution >= 0.6 is 0 Å². The molecule has 5 nitrogen and oxygen atoms in total. The molecule has 1 saturated heterocycles. The summed E-state index contributed by atoms with van der Waals surface area (Å²) in [4.78, 5) is 40.8. The molecule has 0 spiro atoms. The minimum absolute atomic E-state index is 0.0282. The third kappa shape index (κ3) is 5.53. The molecule has 2 aromatic rings. The Morgan fingerprint density at radius 1 is 0.800 bits per heavy atom. The molecule has 1 aliphatic heterocycles. The molecule has 0 atom stereocenters. The number of halogens is 1. The van der Waals surface area contributed by atoms with Gasteiger partial charge in [-0.25, -0.2) is 4.39 Å². The van der Waals surface area contributed by atoms with Crippen molar-refractivity contribution in [2.75, 3.05) is 26.2 Å². The molecule has 0 saturated carbocycles. The number of hydrogen-bond donors (Lipinski definition) is 0. The summed E-state index contributed by atoms with van der Waals surface area (Å²) in [5.41, 5.74) is 3.61. The molecule has 1 aliphatic rings. The first-order chi connectivity index (χ1) is 14.3. The quantitative estimate of drug-likeness (QED) is 0.687. The Kier molecular flexibility index (Phi) is 6.98. The summed E-state index contributed by atoms with van der Waals surface area (Å²) in [5, 5.41) is 0. The molecular weight excluding hydrogens is 383 g/mol. The first-order valence-corrected chi connectivity index (χ1v) is 10.2. The molecule has 3 rings (SSSR count). The van der Waals surface area contributed by atoms with Gasteiger partial charge in [0, 0.05) is 44.6 Å². The van der Waals surface area contributed by atoms with Gasteiger partial charge in [-0.15, -0.1) is 0 Å². The van der Waals surface area contributed by atoms with Gasteiger partial charge in [0.2, 0.25) is 11.8 Å². The lowest BCUT2D eigenvalue weighted by Gasteiger charge is -2.35. The molecule has 158 valence electrons. The van der Waals surface area contributed by atoms with Gasteiger partial charge < -0.3 is 9.80 Å². The largest absolute Gasteiger partial charge is 0.339 e. The average molecular weight is 410 g/mol. The van der Waals surface area contributed by atoms with E-state index in [4.69, 9.17) is 0 Å². The molecular formula is C24H27FN2O3. The molecule has 30 heavy (non-hydrogen) atoms. The first-order valence-electron chi connectivity index (χ1n) is 10.2. The van der Waals surface area contributed by atoms with Crippen molar-refractivity contribution < 1.29 is 18.8 Å². The van der Waals surface area contributed by atoms with Gasteiger partial charge in [0.25, 0.3) is 0 Å². The lowest BCUT2D eigenvalue weighted by molar-refractivity contribution is -0.139. The number of nitrogens with zero attached hydrogens (tertiary/aromatic N) is 2. The van der Waals surface area contributed by atoms with Crippen molar-refractivity contribution in [2.45, 2.75) is 33.1 Å². The molecule has 1 heterocycles. The fraction of sp³-hybridized carbons (Fsp3) is 0.375. The van der Waals surface area contributed by atoms with Gasteiger partial charge in [-0.2, -0.15) is 0 Å².